The van der Waals surface area contributed by atoms with E-state index >= 15 is 0 Å². The first-order valence-corrected chi connectivity index (χ1v) is 11.9. The van der Waals surface area contributed by atoms with Crippen molar-refractivity contribution in [3.05, 3.63) is 77.4 Å². The second-order valence-electron chi connectivity index (χ2n) is 8.15. The summed E-state index contributed by atoms with van der Waals surface area (Å²) in [6.45, 7) is 13.1. The lowest BCUT2D eigenvalue weighted by Crippen LogP contribution is -2.48. The fraction of sp³-hybridized carbons (Fsp3) is 0.370. The highest BCUT2D eigenvalue weighted by atomic mass is 16.6. The lowest BCUT2D eigenvalue weighted by molar-refractivity contribution is 0.00722. The van der Waals surface area contributed by atoms with Crippen LogP contribution in [0.5, 0.6) is 5.75 Å². The van der Waals surface area contributed by atoms with E-state index in [1.54, 1.807) is 6.20 Å². The van der Waals surface area contributed by atoms with E-state index in [-0.39, 0.29) is 5.69 Å². The summed E-state index contributed by atoms with van der Waals surface area (Å²) >= 11 is 0. The van der Waals surface area contributed by atoms with Crippen molar-refractivity contribution >= 4 is 17.3 Å². The molecule has 0 aliphatic carbocycles. The summed E-state index contributed by atoms with van der Waals surface area (Å²) in [6, 6.07) is 14.2. The zero-order valence-corrected chi connectivity index (χ0v) is 20.5. The van der Waals surface area contributed by atoms with Crippen molar-refractivity contribution in [2.45, 2.75) is 40.3 Å². The molecule has 178 valence electrons. The Morgan fingerprint density at radius 1 is 0.912 bits per heavy atom. The number of esters is 1. The molecule has 7 heteroatoms. The minimum Gasteiger partial charge on any atom is -0.493 e. The van der Waals surface area contributed by atoms with Crippen LogP contribution in [0.2, 0.25) is 0 Å². The van der Waals surface area contributed by atoms with Crippen molar-refractivity contribution in [3.63, 3.8) is 0 Å². The van der Waals surface area contributed by atoms with Gasteiger partial charge in [-0.1, -0.05) is 17.7 Å². The maximum absolute atomic E-state index is 13.1. The SMILES string of the molecule is CCOc1cc(N(CC)CC)ccc1C1(N(CC)c2ccc(C)cc2)OC(=O)c2nccnc21. The Morgan fingerprint density at radius 3 is 2.24 bits per heavy atom. The number of aromatic nitrogens is 2. The fourth-order valence-electron chi connectivity index (χ4n) is 4.64. The molecule has 34 heavy (non-hydrogen) atoms. The number of ether oxygens (including phenoxy) is 2. The molecule has 0 bridgehead atoms. The first kappa shape index (κ1) is 23.5. The van der Waals surface area contributed by atoms with Crippen molar-refractivity contribution < 1.29 is 14.3 Å². The second kappa shape index (κ2) is 9.71. The summed E-state index contributed by atoms with van der Waals surface area (Å²) in [5, 5.41) is 0. The van der Waals surface area contributed by atoms with Gasteiger partial charge in [-0.3, -0.25) is 4.98 Å². The highest BCUT2D eigenvalue weighted by Crippen LogP contribution is 2.48. The number of anilines is 2. The van der Waals surface area contributed by atoms with Crippen molar-refractivity contribution in [2.24, 2.45) is 0 Å². The predicted octanol–water partition coefficient (Wildman–Crippen LogP) is 4.93. The van der Waals surface area contributed by atoms with Gasteiger partial charge in [-0.25, -0.2) is 9.78 Å². The molecule has 0 saturated carbocycles. The van der Waals surface area contributed by atoms with Gasteiger partial charge in [0.05, 0.1) is 12.2 Å². The molecule has 1 aliphatic rings. The average Bonchev–Trinajstić information content (AvgIpc) is 3.15. The van der Waals surface area contributed by atoms with E-state index in [1.807, 2.05) is 57.2 Å². The molecule has 1 aliphatic heterocycles. The highest BCUT2D eigenvalue weighted by molar-refractivity contribution is 5.93. The van der Waals surface area contributed by atoms with Gasteiger partial charge in [0, 0.05) is 49.5 Å². The van der Waals surface area contributed by atoms with Gasteiger partial charge in [0.15, 0.2) is 5.69 Å². The third kappa shape index (κ3) is 3.85. The first-order chi connectivity index (χ1) is 16.5. The Bertz CT molecular complexity index is 1160. The number of cyclic esters (lactones) is 1. The third-order valence-electron chi connectivity index (χ3n) is 6.25. The van der Waals surface area contributed by atoms with Crippen LogP contribution in [0.1, 0.15) is 55.0 Å². The zero-order valence-electron chi connectivity index (χ0n) is 20.5. The molecule has 0 spiro atoms. The number of rotatable bonds is 9. The number of carbonyl (C=O) groups is 1. The number of hydrogen-bond donors (Lipinski definition) is 0. The van der Waals surface area contributed by atoms with E-state index in [9.17, 15) is 4.79 Å². The van der Waals surface area contributed by atoms with E-state index in [1.165, 1.54) is 6.20 Å². The average molecular weight is 461 g/mol. The number of aryl methyl sites for hydroxylation is 1. The smallest absolute Gasteiger partial charge is 0.361 e. The Balaban J connectivity index is 2.00. The van der Waals surface area contributed by atoms with Crippen molar-refractivity contribution in [1.29, 1.82) is 0 Å². The lowest BCUT2D eigenvalue weighted by Gasteiger charge is -2.41. The van der Waals surface area contributed by atoms with Gasteiger partial charge in [-0.15, -0.1) is 0 Å². The van der Waals surface area contributed by atoms with E-state index in [2.05, 4.69) is 39.7 Å². The summed E-state index contributed by atoms with van der Waals surface area (Å²) < 4.78 is 12.4. The van der Waals surface area contributed by atoms with Gasteiger partial charge in [-0.2, -0.15) is 0 Å². The molecule has 0 saturated heterocycles. The molecule has 0 amide bonds. The second-order valence-corrected chi connectivity index (χ2v) is 8.15. The standard InChI is InChI=1S/C27H32N4O3/c1-6-30(7-2)21-14-15-22(23(18-21)33-9-4)27(25-24(26(32)34-27)28-16-17-29-25)31(8-3)20-12-10-19(5)11-13-20/h10-18H,6-9H2,1-5H3. The quantitative estimate of drug-likeness (QED) is 0.420. The van der Waals surface area contributed by atoms with Crippen LogP contribution in [0, 0.1) is 6.92 Å². The molecule has 2 heterocycles. The fourth-order valence-corrected chi connectivity index (χ4v) is 4.64. The molecule has 1 unspecified atom stereocenters. The topological polar surface area (TPSA) is 67.8 Å². The molecule has 4 rings (SSSR count). The van der Waals surface area contributed by atoms with Gasteiger partial charge >= 0.3 is 5.97 Å². The van der Waals surface area contributed by atoms with Crippen LogP contribution < -0.4 is 14.5 Å². The third-order valence-corrected chi connectivity index (χ3v) is 6.25. The molecule has 7 nitrogen and oxygen atoms in total. The lowest BCUT2D eigenvalue weighted by atomic mass is 9.94. The minimum absolute atomic E-state index is 0.225. The molecule has 1 atom stereocenters. The van der Waals surface area contributed by atoms with Crippen molar-refractivity contribution in [1.82, 2.24) is 9.97 Å². The Kier molecular flexibility index (Phi) is 6.72. The number of benzene rings is 2. The number of nitrogens with zero attached hydrogens (tertiary/aromatic N) is 4. The van der Waals surface area contributed by atoms with Gasteiger partial charge in [-0.05, 0) is 58.9 Å². The highest BCUT2D eigenvalue weighted by Gasteiger charge is 2.55. The summed E-state index contributed by atoms with van der Waals surface area (Å²) in [4.78, 5) is 26.4. The van der Waals surface area contributed by atoms with Gasteiger partial charge in [0.2, 0.25) is 0 Å². The summed E-state index contributed by atoms with van der Waals surface area (Å²) in [5.41, 5.74) is 3.22. The zero-order chi connectivity index (χ0) is 24.3. The van der Waals surface area contributed by atoms with E-state index in [0.29, 0.717) is 24.6 Å². The van der Waals surface area contributed by atoms with Gasteiger partial charge in [0.1, 0.15) is 11.4 Å². The predicted molar refractivity (Wildman–Crippen MR) is 134 cm³/mol. The van der Waals surface area contributed by atoms with Crippen LogP contribution in [0.4, 0.5) is 11.4 Å². The van der Waals surface area contributed by atoms with Gasteiger partial charge < -0.3 is 19.3 Å². The number of fused-ring (bicyclic) bond motifs is 1. The van der Waals surface area contributed by atoms with Crippen LogP contribution in [-0.2, 0) is 10.5 Å². The molecule has 2 aromatic carbocycles. The minimum atomic E-state index is -1.31. The Morgan fingerprint density at radius 2 is 1.59 bits per heavy atom. The van der Waals surface area contributed by atoms with Crippen LogP contribution in [0.25, 0.3) is 0 Å². The van der Waals surface area contributed by atoms with Crippen LogP contribution in [0.15, 0.2) is 54.9 Å². The molecule has 0 radical (unpaired) electrons. The normalized spacial score (nSPS) is 16.7. The Hall–Kier alpha value is -3.61. The number of hydrogen-bond acceptors (Lipinski definition) is 7. The first-order valence-electron chi connectivity index (χ1n) is 11.9. The van der Waals surface area contributed by atoms with Crippen molar-refractivity contribution in [3.8, 4) is 5.75 Å². The largest absolute Gasteiger partial charge is 0.493 e. The van der Waals surface area contributed by atoms with Crippen LogP contribution >= 0.6 is 0 Å². The molecular formula is C27H32N4O3. The van der Waals surface area contributed by atoms with E-state index in [0.717, 1.165) is 35.6 Å². The van der Waals surface area contributed by atoms with E-state index < -0.39 is 11.7 Å². The molecule has 3 aromatic rings. The summed E-state index contributed by atoms with van der Waals surface area (Å²) in [6.07, 6.45) is 3.12. The monoisotopic (exact) mass is 460 g/mol. The summed E-state index contributed by atoms with van der Waals surface area (Å²) in [5.74, 6) is 0.160. The molecule has 1 aromatic heterocycles. The summed E-state index contributed by atoms with van der Waals surface area (Å²) in [7, 11) is 0. The van der Waals surface area contributed by atoms with Gasteiger partial charge in [0.25, 0.3) is 5.72 Å². The molecular weight excluding hydrogens is 428 g/mol. The molecule has 0 N–H and O–H groups in total. The van der Waals surface area contributed by atoms with E-state index in [4.69, 9.17) is 9.47 Å². The molecule has 0 fully saturated rings. The Labute approximate surface area is 201 Å². The van der Waals surface area contributed by atoms with Crippen LogP contribution in [0.3, 0.4) is 0 Å². The van der Waals surface area contributed by atoms with Crippen molar-refractivity contribution in [2.75, 3.05) is 36.0 Å². The maximum atomic E-state index is 13.1. The number of carbonyl (C=O) groups excluding carboxylic acids is 1. The van der Waals surface area contributed by atoms with Crippen LogP contribution in [-0.4, -0.2) is 42.2 Å². The maximum Gasteiger partial charge on any atom is 0.361 e.